The second kappa shape index (κ2) is 10.6. The lowest BCUT2D eigenvalue weighted by atomic mass is 10.0. The summed E-state index contributed by atoms with van der Waals surface area (Å²) in [6.07, 6.45) is 0. The molecule has 11 rings (SSSR count). The highest BCUT2D eigenvalue weighted by molar-refractivity contribution is 7.26. The molecule has 0 fully saturated rings. The Balaban J connectivity index is 1.25. The van der Waals surface area contributed by atoms with Crippen LogP contribution in [0.1, 0.15) is 0 Å². The van der Waals surface area contributed by atoms with E-state index in [0.29, 0.717) is 0 Å². The van der Waals surface area contributed by atoms with Gasteiger partial charge in [-0.3, -0.25) is 0 Å². The summed E-state index contributed by atoms with van der Waals surface area (Å²) in [4.78, 5) is 2.45. The Labute approximate surface area is 291 Å². The molecule has 4 heteroatoms. The van der Waals surface area contributed by atoms with Crippen molar-refractivity contribution < 1.29 is 4.42 Å². The Morgan fingerprint density at radius 2 is 1.14 bits per heavy atom. The third-order valence-corrected chi connectivity index (χ3v) is 11.3. The molecule has 0 saturated carbocycles. The van der Waals surface area contributed by atoms with Crippen LogP contribution in [0.25, 0.3) is 80.4 Å². The fourth-order valence-corrected chi connectivity index (χ4v) is 9.18. The van der Waals surface area contributed by atoms with Crippen LogP contribution >= 0.6 is 11.3 Å². The van der Waals surface area contributed by atoms with Gasteiger partial charge in [0.25, 0.3) is 0 Å². The summed E-state index contributed by atoms with van der Waals surface area (Å²) < 4.78 is 11.4. The van der Waals surface area contributed by atoms with Gasteiger partial charge in [-0.1, -0.05) is 97.1 Å². The van der Waals surface area contributed by atoms with Gasteiger partial charge in [-0.2, -0.15) is 0 Å². The Hall–Kier alpha value is -6.36. The van der Waals surface area contributed by atoms with Crippen molar-refractivity contribution >= 4 is 103 Å². The highest BCUT2D eigenvalue weighted by Crippen LogP contribution is 2.49. The Morgan fingerprint density at radius 1 is 0.460 bits per heavy atom. The fraction of sp³-hybridized carbons (Fsp3) is 0. The SMILES string of the molecule is c1ccc(-n2c3ccccc3c3c(N(c4ccc5c(c4)oc4ccccc45)c4cccc5c4sc4cc6ccccc6cc45)cccc32)cc1. The second-order valence-electron chi connectivity index (χ2n) is 12.9. The van der Waals surface area contributed by atoms with Gasteiger partial charge < -0.3 is 13.9 Å². The van der Waals surface area contributed by atoms with Crippen LogP contribution in [0.5, 0.6) is 0 Å². The van der Waals surface area contributed by atoms with E-state index in [-0.39, 0.29) is 0 Å². The topological polar surface area (TPSA) is 21.3 Å². The zero-order valence-electron chi connectivity index (χ0n) is 26.9. The van der Waals surface area contributed by atoms with E-state index in [9.17, 15) is 0 Å². The molecule has 50 heavy (non-hydrogen) atoms. The standard InChI is InChI=1S/C46H28N2OS/c1-2-14-31(15-3-1)47-38-19-8-6-17-36(38)45-39(47)20-11-21-40(45)48(32-24-25-34-33-16-7-9-23-42(33)49-43(34)28-32)41-22-10-18-35-37-26-29-12-4-5-13-30(29)27-44(37)50-46(35)41/h1-28H. The van der Waals surface area contributed by atoms with Gasteiger partial charge >= 0.3 is 0 Å². The predicted molar refractivity (Wildman–Crippen MR) is 213 cm³/mol. The minimum absolute atomic E-state index is 0.877. The molecule has 3 aromatic heterocycles. The van der Waals surface area contributed by atoms with Crippen LogP contribution < -0.4 is 4.90 Å². The van der Waals surface area contributed by atoms with E-state index in [0.717, 1.165) is 44.7 Å². The largest absolute Gasteiger partial charge is 0.456 e. The number of para-hydroxylation sites is 3. The second-order valence-corrected chi connectivity index (χ2v) is 14.0. The lowest BCUT2D eigenvalue weighted by Crippen LogP contribution is -2.10. The first-order chi connectivity index (χ1) is 24.8. The van der Waals surface area contributed by atoms with Crippen molar-refractivity contribution in [1.29, 1.82) is 0 Å². The molecule has 0 unspecified atom stereocenters. The summed E-state index contributed by atoms with van der Waals surface area (Å²) in [6.45, 7) is 0. The number of hydrogen-bond acceptors (Lipinski definition) is 3. The van der Waals surface area contributed by atoms with Crippen LogP contribution in [0.3, 0.4) is 0 Å². The van der Waals surface area contributed by atoms with Crippen LogP contribution in [0.15, 0.2) is 174 Å². The monoisotopic (exact) mass is 656 g/mol. The quantitative estimate of drug-likeness (QED) is 0.188. The first-order valence-corrected chi connectivity index (χ1v) is 17.7. The normalized spacial score (nSPS) is 12.0. The van der Waals surface area contributed by atoms with Crippen molar-refractivity contribution in [3.8, 4) is 5.69 Å². The van der Waals surface area contributed by atoms with E-state index < -0.39 is 0 Å². The van der Waals surface area contributed by atoms with Crippen LogP contribution in [-0.4, -0.2) is 4.57 Å². The lowest BCUT2D eigenvalue weighted by molar-refractivity contribution is 0.669. The number of nitrogens with zero attached hydrogens (tertiary/aromatic N) is 2. The lowest BCUT2D eigenvalue weighted by Gasteiger charge is -2.27. The third kappa shape index (κ3) is 3.97. The van der Waals surface area contributed by atoms with E-state index in [4.69, 9.17) is 4.42 Å². The predicted octanol–water partition coefficient (Wildman–Crippen LogP) is 13.7. The van der Waals surface area contributed by atoms with Crippen LogP contribution in [-0.2, 0) is 0 Å². The van der Waals surface area contributed by atoms with Gasteiger partial charge in [-0.25, -0.2) is 0 Å². The van der Waals surface area contributed by atoms with E-state index in [1.54, 1.807) is 0 Å². The van der Waals surface area contributed by atoms with Crippen molar-refractivity contribution in [1.82, 2.24) is 4.57 Å². The molecule has 0 bridgehead atoms. The highest BCUT2D eigenvalue weighted by Gasteiger charge is 2.24. The maximum Gasteiger partial charge on any atom is 0.137 e. The van der Waals surface area contributed by atoms with Crippen LogP contribution in [0, 0.1) is 0 Å². The minimum Gasteiger partial charge on any atom is -0.456 e. The molecule has 0 spiro atoms. The molecule has 0 radical (unpaired) electrons. The number of hydrogen-bond donors (Lipinski definition) is 0. The van der Waals surface area contributed by atoms with Crippen molar-refractivity contribution in [3.63, 3.8) is 0 Å². The molecule has 3 nitrogen and oxygen atoms in total. The smallest absolute Gasteiger partial charge is 0.137 e. The third-order valence-electron chi connectivity index (χ3n) is 10.1. The molecule has 0 N–H and O–H groups in total. The summed E-state index contributed by atoms with van der Waals surface area (Å²) >= 11 is 1.87. The number of aromatic nitrogens is 1. The van der Waals surface area contributed by atoms with Gasteiger partial charge in [0.15, 0.2) is 0 Å². The minimum atomic E-state index is 0.877. The summed E-state index contributed by atoms with van der Waals surface area (Å²) in [6, 6.07) is 61.2. The average Bonchev–Trinajstić information content (AvgIpc) is 3.84. The molecule has 234 valence electrons. The molecular formula is C46H28N2OS. The zero-order chi connectivity index (χ0) is 32.8. The summed E-state index contributed by atoms with van der Waals surface area (Å²) in [7, 11) is 0. The van der Waals surface area contributed by atoms with Gasteiger partial charge in [0.1, 0.15) is 11.2 Å². The molecule has 0 aliphatic heterocycles. The molecule has 0 aliphatic carbocycles. The van der Waals surface area contributed by atoms with Crippen molar-refractivity contribution in [2.24, 2.45) is 0 Å². The molecule has 11 aromatic rings. The van der Waals surface area contributed by atoms with Crippen molar-refractivity contribution in [2.75, 3.05) is 4.90 Å². The van der Waals surface area contributed by atoms with Crippen LogP contribution in [0.4, 0.5) is 17.1 Å². The van der Waals surface area contributed by atoms with Crippen LogP contribution in [0.2, 0.25) is 0 Å². The number of furan rings is 1. The number of benzene rings is 8. The van der Waals surface area contributed by atoms with E-state index in [1.165, 1.54) is 52.8 Å². The molecule has 8 aromatic carbocycles. The molecule has 0 atom stereocenters. The number of thiophene rings is 1. The first kappa shape index (κ1) is 27.6. The molecule has 0 saturated heterocycles. The summed E-state index contributed by atoms with van der Waals surface area (Å²) in [5.41, 5.74) is 8.59. The van der Waals surface area contributed by atoms with E-state index in [2.05, 4.69) is 167 Å². The first-order valence-electron chi connectivity index (χ1n) is 16.9. The van der Waals surface area contributed by atoms with Gasteiger partial charge in [-0.05, 0) is 77.5 Å². The molecule has 3 heterocycles. The summed E-state index contributed by atoms with van der Waals surface area (Å²) in [5, 5.41) is 9.75. The molecule has 0 amide bonds. The number of fused-ring (bicyclic) bond motifs is 10. The van der Waals surface area contributed by atoms with E-state index in [1.807, 2.05) is 23.5 Å². The maximum absolute atomic E-state index is 6.49. The Morgan fingerprint density at radius 3 is 2.04 bits per heavy atom. The maximum atomic E-state index is 6.49. The average molecular weight is 657 g/mol. The highest BCUT2D eigenvalue weighted by atomic mass is 32.1. The Bertz CT molecular complexity index is 3110. The summed E-state index contributed by atoms with van der Waals surface area (Å²) in [5.74, 6) is 0. The number of anilines is 3. The number of rotatable bonds is 4. The molecular weight excluding hydrogens is 629 g/mol. The van der Waals surface area contributed by atoms with Gasteiger partial charge in [0.05, 0.1) is 27.1 Å². The zero-order valence-corrected chi connectivity index (χ0v) is 27.7. The molecule has 0 aliphatic rings. The Kier molecular flexibility index (Phi) is 5.83. The van der Waals surface area contributed by atoms with Gasteiger partial charge in [0.2, 0.25) is 0 Å². The fourth-order valence-electron chi connectivity index (χ4n) is 7.95. The van der Waals surface area contributed by atoms with E-state index >= 15 is 0 Å². The van der Waals surface area contributed by atoms with Crippen molar-refractivity contribution in [2.45, 2.75) is 0 Å². The van der Waals surface area contributed by atoms with Crippen molar-refractivity contribution in [3.05, 3.63) is 170 Å². The van der Waals surface area contributed by atoms with Gasteiger partial charge in [0, 0.05) is 54.5 Å². The van der Waals surface area contributed by atoms with Gasteiger partial charge in [-0.15, -0.1) is 11.3 Å².